The lowest BCUT2D eigenvalue weighted by molar-refractivity contribution is -0.314. The lowest BCUT2D eigenvalue weighted by Gasteiger charge is -2.37. The Hall–Kier alpha value is -0.370. The van der Waals surface area contributed by atoms with Gasteiger partial charge in [-0.25, -0.2) is 4.79 Å². The highest BCUT2D eigenvalue weighted by Crippen LogP contribution is 2.42. The maximum Gasteiger partial charge on any atom is 0.312 e. The van der Waals surface area contributed by atoms with Crippen LogP contribution in [-0.2, 0) is 4.79 Å². The summed E-state index contributed by atoms with van der Waals surface area (Å²) in [6.45, 7) is 2.25. The maximum absolute atomic E-state index is 11.4. The number of carbonyl (C=O) groups excluding carboxylic acids is 1. The quantitative estimate of drug-likeness (QED) is 0.769. The van der Waals surface area contributed by atoms with Crippen molar-refractivity contribution in [1.82, 2.24) is 0 Å². The first-order chi connectivity index (χ1) is 7.68. The first kappa shape index (κ1) is 12.1. The third-order valence-corrected chi connectivity index (χ3v) is 4.94. The topological polar surface area (TPSA) is 44.7 Å². The van der Waals surface area contributed by atoms with Gasteiger partial charge >= 0.3 is 5.91 Å². The van der Waals surface area contributed by atoms with E-state index in [0.29, 0.717) is 5.92 Å². The zero-order chi connectivity index (χ0) is 11.5. The third kappa shape index (κ3) is 2.65. The Morgan fingerprint density at radius 3 is 2.25 bits per heavy atom. The van der Waals surface area contributed by atoms with E-state index >= 15 is 0 Å². The van der Waals surface area contributed by atoms with E-state index in [9.17, 15) is 4.79 Å². The molecule has 3 unspecified atom stereocenters. The van der Waals surface area contributed by atoms with Crippen molar-refractivity contribution in [1.29, 1.82) is 0 Å². The molecule has 92 valence electrons. The van der Waals surface area contributed by atoms with Crippen molar-refractivity contribution in [3.8, 4) is 0 Å². The minimum Gasteiger partial charge on any atom is -0.294 e. The minimum atomic E-state index is 0.176. The molecule has 0 aliphatic heterocycles. The fraction of sp³-hybridized carbons (Fsp3) is 0.929. The predicted octanol–water partition coefficient (Wildman–Crippen LogP) is 2.39. The van der Waals surface area contributed by atoms with Crippen molar-refractivity contribution < 1.29 is 10.5 Å². The summed E-state index contributed by atoms with van der Waals surface area (Å²) in [4.78, 5) is 11.4. The van der Waals surface area contributed by atoms with Gasteiger partial charge < -0.3 is 0 Å². The van der Waals surface area contributed by atoms with Crippen LogP contribution in [0.15, 0.2) is 0 Å². The number of carbonyl (C=O) groups is 1. The summed E-state index contributed by atoms with van der Waals surface area (Å²) < 4.78 is 0. The van der Waals surface area contributed by atoms with Crippen LogP contribution in [0, 0.1) is 23.7 Å². The molecule has 0 bridgehead atoms. The van der Waals surface area contributed by atoms with Crippen molar-refractivity contribution in [3.63, 3.8) is 0 Å². The van der Waals surface area contributed by atoms with Gasteiger partial charge in [0.15, 0.2) is 0 Å². The van der Waals surface area contributed by atoms with Gasteiger partial charge in [-0.1, -0.05) is 39.0 Å². The Morgan fingerprint density at radius 1 is 1.00 bits per heavy atom. The van der Waals surface area contributed by atoms with Gasteiger partial charge in [0.25, 0.3) is 0 Å². The molecule has 2 saturated carbocycles. The number of hydrogen-bond donors (Lipinski definition) is 1. The number of amides is 1. The second-order valence-corrected chi connectivity index (χ2v) is 6.02. The molecule has 0 spiro atoms. The fourth-order valence-electron chi connectivity index (χ4n) is 3.95. The number of quaternary nitrogens is 1. The summed E-state index contributed by atoms with van der Waals surface area (Å²) in [6, 6.07) is 0. The molecule has 1 amide bonds. The molecular weight excluding hydrogens is 198 g/mol. The predicted molar refractivity (Wildman–Crippen MR) is 64.5 cm³/mol. The Kier molecular flexibility index (Phi) is 4.01. The molecular formula is C14H26NO+. The SMILES string of the molecule is CC1CC(C2CCCCC2)CCC1C([NH3+])=O. The average molecular weight is 224 g/mol. The molecule has 2 aliphatic rings. The van der Waals surface area contributed by atoms with Gasteiger partial charge in [0.05, 0.1) is 5.92 Å². The van der Waals surface area contributed by atoms with Crippen molar-refractivity contribution in [2.24, 2.45) is 23.7 Å². The van der Waals surface area contributed by atoms with Gasteiger partial charge in [0, 0.05) is 0 Å². The van der Waals surface area contributed by atoms with E-state index in [1.165, 1.54) is 44.9 Å². The smallest absolute Gasteiger partial charge is 0.294 e. The summed E-state index contributed by atoms with van der Waals surface area (Å²) in [5, 5.41) is 0. The number of rotatable bonds is 2. The van der Waals surface area contributed by atoms with E-state index in [4.69, 9.17) is 0 Å². The molecule has 0 saturated heterocycles. The molecule has 3 N–H and O–H groups in total. The zero-order valence-corrected chi connectivity index (χ0v) is 10.6. The summed E-state index contributed by atoms with van der Waals surface area (Å²) in [6.07, 6.45) is 10.9. The summed E-state index contributed by atoms with van der Waals surface area (Å²) >= 11 is 0. The van der Waals surface area contributed by atoms with Crippen LogP contribution in [0.4, 0.5) is 0 Å². The maximum atomic E-state index is 11.4. The van der Waals surface area contributed by atoms with E-state index in [1.807, 2.05) is 0 Å². The van der Waals surface area contributed by atoms with Crippen LogP contribution in [0.1, 0.15) is 58.3 Å². The van der Waals surface area contributed by atoms with Gasteiger partial charge in [-0.2, -0.15) is 0 Å². The molecule has 0 heterocycles. The van der Waals surface area contributed by atoms with Crippen molar-refractivity contribution in [2.45, 2.75) is 58.3 Å². The first-order valence-corrected chi connectivity index (χ1v) is 7.04. The van der Waals surface area contributed by atoms with E-state index in [-0.39, 0.29) is 11.8 Å². The third-order valence-electron chi connectivity index (χ3n) is 4.94. The molecule has 16 heavy (non-hydrogen) atoms. The summed E-state index contributed by atoms with van der Waals surface area (Å²) in [7, 11) is 0. The van der Waals surface area contributed by atoms with Crippen LogP contribution in [0.5, 0.6) is 0 Å². The Balaban J connectivity index is 1.88. The average Bonchev–Trinajstić information content (AvgIpc) is 2.29. The van der Waals surface area contributed by atoms with E-state index in [1.54, 1.807) is 0 Å². The van der Waals surface area contributed by atoms with E-state index in [0.717, 1.165) is 18.3 Å². The Morgan fingerprint density at radius 2 is 1.69 bits per heavy atom. The highest BCUT2D eigenvalue weighted by molar-refractivity contribution is 5.68. The fourth-order valence-corrected chi connectivity index (χ4v) is 3.95. The van der Waals surface area contributed by atoms with Gasteiger partial charge in [-0.3, -0.25) is 5.73 Å². The normalized spacial score (nSPS) is 37.2. The van der Waals surface area contributed by atoms with Crippen LogP contribution in [0.3, 0.4) is 0 Å². The van der Waals surface area contributed by atoms with Crippen LogP contribution in [0.25, 0.3) is 0 Å². The minimum absolute atomic E-state index is 0.176. The van der Waals surface area contributed by atoms with Gasteiger partial charge in [-0.15, -0.1) is 0 Å². The van der Waals surface area contributed by atoms with Gasteiger partial charge in [-0.05, 0) is 37.0 Å². The zero-order valence-electron chi connectivity index (χ0n) is 10.6. The molecule has 0 aromatic carbocycles. The van der Waals surface area contributed by atoms with Gasteiger partial charge in [0.2, 0.25) is 0 Å². The highest BCUT2D eigenvalue weighted by Gasteiger charge is 2.36. The van der Waals surface area contributed by atoms with Crippen molar-refractivity contribution >= 4 is 5.91 Å². The molecule has 0 aromatic heterocycles. The van der Waals surface area contributed by atoms with E-state index in [2.05, 4.69) is 12.7 Å². The van der Waals surface area contributed by atoms with Crippen molar-refractivity contribution in [3.05, 3.63) is 0 Å². The molecule has 2 rings (SSSR count). The summed E-state index contributed by atoms with van der Waals surface area (Å²) in [5.74, 6) is 2.89. The molecule has 3 atom stereocenters. The van der Waals surface area contributed by atoms with Crippen LogP contribution < -0.4 is 5.73 Å². The van der Waals surface area contributed by atoms with E-state index < -0.39 is 0 Å². The lowest BCUT2D eigenvalue weighted by atomic mass is 9.67. The molecule has 2 heteroatoms. The highest BCUT2D eigenvalue weighted by atomic mass is 16.1. The molecule has 2 nitrogen and oxygen atoms in total. The molecule has 0 aromatic rings. The Bertz CT molecular complexity index is 245. The summed E-state index contributed by atoms with van der Waals surface area (Å²) in [5.41, 5.74) is 3.61. The van der Waals surface area contributed by atoms with Crippen molar-refractivity contribution in [2.75, 3.05) is 0 Å². The largest absolute Gasteiger partial charge is 0.312 e. The molecule has 2 fully saturated rings. The molecule has 2 aliphatic carbocycles. The van der Waals surface area contributed by atoms with Gasteiger partial charge in [0.1, 0.15) is 0 Å². The van der Waals surface area contributed by atoms with Crippen LogP contribution in [0.2, 0.25) is 0 Å². The first-order valence-electron chi connectivity index (χ1n) is 7.04. The standard InChI is InChI=1S/C14H25NO/c1-10-9-12(7-8-13(10)14(15)16)11-5-3-2-4-6-11/h10-13H,2-9H2,1H3,(H2,15,16)/p+1. The van der Waals surface area contributed by atoms with Crippen LogP contribution in [-0.4, -0.2) is 5.91 Å². The van der Waals surface area contributed by atoms with Crippen LogP contribution >= 0.6 is 0 Å². The second kappa shape index (κ2) is 5.31. The molecule has 0 radical (unpaired) electrons. The number of hydrogen-bond acceptors (Lipinski definition) is 1. The second-order valence-electron chi connectivity index (χ2n) is 6.02. The monoisotopic (exact) mass is 224 g/mol. The lowest BCUT2D eigenvalue weighted by Crippen LogP contribution is -2.62. The Labute approximate surface area is 99.0 Å².